The number of fused-ring (bicyclic) bond motifs is 1. The molecule has 2 fully saturated rings. The maximum Gasteiger partial charge on any atom is 0.248 e. The van der Waals surface area contributed by atoms with Crippen LogP contribution in [-0.2, 0) is 14.3 Å². The van der Waals surface area contributed by atoms with Gasteiger partial charge in [0.05, 0.1) is 11.0 Å². The second kappa shape index (κ2) is 9.39. The highest BCUT2D eigenvalue weighted by Crippen LogP contribution is 2.26. The Balaban J connectivity index is 1.26. The van der Waals surface area contributed by atoms with Crippen LogP contribution in [0.1, 0.15) is 50.3 Å². The van der Waals surface area contributed by atoms with E-state index in [0.29, 0.717) is 6.54 Å². The summed E-state index contributed by atoms with van der Waals surface area (Å²) < 4.78 is 5.49. The molecule has 3 heterocycles. The fraction of sp³-hybridized carbons (Fsp3) is 0.591. The van der Waals surface area contributed by atoms with Gasteiger partial charge < -0.3 is 19.5 Å². The van der Waals surface area contributed by atoms with Gasteiger partial charge in [-0.1, -0.05) is 25.0 Å². The van der Waals surface area contributed by atoms with E-state index < -0.39 is 0 Å². The number of hydrogen-bond donors (Lipinski definition) is 1. The molecule has 29 heavy (non-hydrogen) atoms. The number of aromatic amines is 1. The molecule has 4 rings (SSSR count). The summed E-state index contributed by atoms with van der Waals surface area (Å²) in [4.78, 5) is 36.7. The number of benzene rings is 1. The number of ether oxygens (including phenoxy) is 1. The summed E-state index contributed by atoms with van der Waals surface area (Å²) in [5.41, 5.74) is 1.99. The lowest BCUT2D eigenvalue weighted by molar-refractivity contribution is -0.142. The third-order valence-corrected chi connectivity index (χ3v) is 5.98. The molecule has 0 radical (unpaired) electrons. The number of likely N-dealkylation sites (tertiary alicyclic amines) is 2. The van der Waals surface area contributed by atoms with Crippen molar-refractivity contribution >= 4 is 22.8 Å². The number of para-hydroxylation sites is 2. The van der Waals surface area contributed by atoms with Crippen LogP contribution in [0, 0.1) is 0 Å². The van der Waals surface area contributed by atoms with Gasteiger partial charge in [-0.3, -0.25) is 9.59 Å². The van der Waals surface area contributed by atoms with Gasteiger partial charge in [0.15, 0.2) is 0 Å². The standard InChI is InChI=1S/C22H30N4O3/c27-20(25-11-5-1-2-6-12-25)15-29-16-21(28)26-13-7-8-17(14-26)22-23-18-9-3-4-10-19(18)24-22/h3-4,9-10,17H,1-2,5-8,11-16H2,(H,23,24). The molecule has 1 unspecified atom stereocenters. The lowest BCUT2D eigenvalue weighted by Crippen LogP contribution is -2.42. The van der Waals surface area contributed by atoms with Gasteiger partial charge in [-0.05, 0) is 37.8 Å². The van der Waals surface area contributed by atoms with Crippen molar-refractivity contribution < 1.29 is 14.3 Å². The van der Waals surface area contributed by atoms with E-state index in [2.05, 4.69) is 4.98 Å². The molecule has 1 aromatic carbocycles. The first-order chi connectivity index (χ1) is 14.2. The van der Waals surface area contributed by atoms with Crippen molar-refractivity contribution in [2.24, 2.45) is 0 Å². The van der Waals surface area contributed by atoms with Gasteiger partial charge in [-0.15, -0.1) is 0 Å². The van der Waals surface area contributed by atoms with E-state index in [4.69, 9.17) is 9.72 Å². The van der Waals surface area contributed by atoms with E-state index in [0.717, 1.165) is 62.2 Å². The smallest absolute Gasteiger partial charge is 0.248 e. The van der Waals surface area contributed by atoms with Crippen molar-refractivity contribution in [1.29, 1.82) is 0 Å². The predicted octanol–water partition coefficient (Wildman–Crippen LogP) is 2.69. The maximum absolute atomic E-state index is 12.6. The average molecular weight is 399 g/mol. The molecule has 2 aromatic rings. The topological polar surface area (TPSA) is 78.5 Å². The van der Waals surface area contributed by atoms with Gasteiger partial charge in [-0.2, -0.15) is 0 Å². The van der Waals surface area contributed by atoms with E-state index in [1.807, 2.05) is 34.1 Å². The molecule has 0 spiro atoms. The number of nitrogens with one attached hydrogen (secondary N) is 1. The zero-order chi connectivity index (χ0) is 20.1. The van der Waals surface area contributed by atoms with Crippen molar-refractivity contribution in [3.63, 3.8) is 0 Å². The van der Waals surface area contributed by atoms with Gasteiger partial charge in [0.1, 0.15) is 19.0 Å². The summed E-state index contributed by atoms with van der Waals surface area (Å²) >= 11 is 0. The summed E-state index contributed by atoms with van der Waals surface area (Å²) in [6, 6.07) is 7.99. The molecule has 2 saturated heterocycles. The Labute approximate surface area is 171 Å². The molecular weight excluding hydrogens is 368 g/mol. The van der Waals surface area contributed by atoms with Crippen LogP contribution in [0.4, 0.5) is 0 Å². The average Bonchev–Trinajstić information content (AvgIpc) is 3.00. The van der Waals surface area contributed by atoms with Crippen LogP contribution in [0.3, 0.4) is 0 Å². The van der Waals surface area contributed by atoms with Gasteiger partial charge in [-0.25, -0.2) is 4.98 Å². The number of rotatable bonds is 5. The van der Waals surface area contributed by atoms with E-state index in [9.17, 15) is 9.59 Å². The summed E-state index contributed by atoms with van der Waals surface area (Å²) in [5.74, 6) is 1.10. The minimum atomic E-state index is -0.0468. The summed E-state index contributed by atoms with van der Waals surface area (Å²) in [7, 11) is 0. The molecule has 2 aliphatic rings. The molecule has 7 nitrogen and oxygen atoms in total. The third kappa shape index (κ3) is 4.96. The minimum absolute atomic E-state index is 0.00139. The molecule has 1 atom stereocenters. The van der Waals surface area contributed by atoms with Crippen molar-refractivity contribution in [3.05, 3.63) is 30.1 Å². The number of H-pyrrole nitrogens is 1. The highest BCUT2D eigenvalue weighted by molar-refractivity contribution is 5.80. The predicted molar refractivity (Wildman–Crippen MR) is 111 cm³/mol. The van der Waals surface area contributed by atoms with Crippen LogP contribution >= 0.6 is 0 Å². The molecule has 0 aliphatic carbocycles. The number of amides is 2. The second-order valence-electron chi connectivity index (χ2n) is 8.11. The monoisotopic (exact) mass is 398 g/mol. The van der Waals surface area contributed by atoms with Crippen LogP contribution in [0.2, 0.25) is 0 Å². The van der Waals surface area contributed by atoms with Crippen LogP contribution in [0.5, 0.6) is 0 Å². The lowest BCUT2D eigenvalue weighted by Gasteiger charge is -2.31. The summed E-state index contributed by atoms with van der Waals surface area (Å²) in [6.07, 6.45) is 6.44. The van der Waals surface area contributed by atoms with Crippen LogP contribution in [0.25, 0.3) is 11.0 Å². The van der Waals surface area contributed by atoms with Crippen molar-refractivity contribution in [3.8, 4) is 0 Å². The molecule has 2 aliphatic heterocycles. The highest BCUT2D eigenvalue weighted by Gasteiger charge is 2.27. The molecule has 156 valence electrons. The van der Waals surface area contributed by atoms with E-state index in [-0.39, 0.29) is 30.9 Å². The Bertz CT molecular complexity index is 808. The van der Waals surface area contributed by atoms with Crippen molar-refractivity contribution in [1.82, 2.24) is 19.8 Å². The first-order valence-electron chi connectivity index (χ1n) is 10.8. The molecular formula is C22H30N4O3. The molecule has 2 amide bonds. The van der Waals surface area contributed by atoms with Gasteiger partial charge in [0.25, 0.3) is 0 Å². The molecule has 7 heteroatoms. The SMILES string of the molecule is O=C(COCC(=O)N1CCCC(c2nc3ccccc3[nH]2)C1)N1CCCCCC1. The Morgan fingerprint density at radius 1 is 0.966 bits per heavy atom. The highest BCUT2D eigenvalue weighted by atomic mass is 16.5. The number of imidazole rings is 1. The van der Waals surface area contributed by atoms with E-state index in [1.165, 1.54) is 12.8 Å². The van der Waals surface area contributed by atoms with Crippen LogP contribution in [-0.4, -0.2) is 71.0 Å². The van der Waals surface area contributed by atoms with Crippen molar-refractivity contribution in [2.45, 2.75) is 44.4 Å². The Kier molecular flexibility index (Phi) is 6.44. The molecule has 0 bridgehead atoms. The largest absolute Gasteiger partial charge is 0.362 e. The first kappa shape index (κ1) is 19.9. The Hall–Kier alpha value is -2.41. The Morgan fingerprint density at radius 3 is 2.41 bits per heavy atom. The molecule has 0 saturated carbocycles. The van der Waals surface area contributed by atoms with Gasteiger partial charge in [0.2, 0.25) is 11.8 Å². The van der Waals surface area contributed by atoms with Gasteiger partial charge in [0, 0.05) is 32.1 Å². The van der Waals surface area contributed by atoms with Crippen LogP contribution in [0.15, 0.2) is 24.3 Å². The Morgan fingerprint density at radius 2 is 1.66 bits per heavy atom. The molecule has 1 N–H and O–H groups in total. The third-order valence-electron chi connectivity index (χ3n) is 5.98. The zero-order valence-electron chi connectivity index (χ0n) is 16.9. The van der Waals surface area contributed by atoms with E-state index in [1.54, 1.807) is 0 Å². The maximum atomic E-state index is 12.6. The number of nitrogens with zero attached hydrogens (tertiary/aromatic N) is 3. The van der Waals surface area contributed by atoms with E-state index >= 15 is 0 Å². The van der Waals surface area contributed by atoms with Crippen LogP contribution < -0.4 is 0 Å². The lowest BCUT2D eigenvalue weighted by atomic mass is 9.97. The quantitative estimate of drug-likeness (QED) is 0.840. The summed E-state index contributed by atoms with van der Waals surface area (Å²) in [6.45, 7) is 2.95. The fourth-order valence-corrected chi connectivity index (χ4v) is 4.32. The fourth-order valence-electron chi connectivity index (χ4n) is 4.32. The zero-order valence-corrected chi connectivity index (χ0v) is 16.9. The van der Waals surface area contributed by atoms with Crippen molar-refractivity contribution in [2.75, 3.05) is 39.4 Å². The van der Waals surface area contributed by atoms with Gasteiger partial charge >= 0.3 is 0 Å². The minimum Gasteiger partial charge on any atom is -0.362 e. The second-order valence-corrected chi connectivity index (χ2v) is 8.11. The number of carbonyl (C=O) groups is 2. The molecule has 1 aromatic heterocycles. The first-order valence-corrected chi connectivity index (χ1v) is 10.8. The number of aromatic nitrogens is 2. The summed E-state index contributed by atoms with van der Waals surface area (Å²) in [5, 5.41) is 0. The number of hydrogen-bond acceptors (Lipinski definition) is 4. The number of carbonyl (C=O) groups excluding carboxylic acids is 2. The normalized spacial score (nSPS) is 20.6. The number of piperidine rings is 1.